The summed E-state index contributed by atoms with van der Waals surface area (Å²) in [5.41, 5.74) is 1.86. The predicted molar refractivity (Wildman–Crippen MR) is 77.9 cm³/mol. The molecule has 0 heterocycles. The molecule has 0 saturated carbocycles. The smallest absolute Gasteiger partial charge is 0.255 e. The van der Waals surface area contributed by atoms with E-state index in [0.29, 0.717) is 22.4 Å². The summed E-state index contributed by atoms with van der Waals surface area (Å²) < 4.78 is 26.8. The van der Waals surface area contributed by atoms with Gasteiger partial charge >= 0.3 is 0 Å². The molecule has 1 amide bonds. The number of rotatable bonds is 2. The first-order valence-electron chi connectivity index (χ1n) is 5.91. The van der Waals surface area contributed by atoms with Gasteiger partial charge in [-0.05, 0) is 71.2 Å². The van der Waals surface area contributed by atoms with Gasteiger partial charge in [-0.2, -0.15) is 0 Å². The van der Waals surface area contributed by atoms with Crippen molar-refractivity contribution < 1.29 is 13.6 Å². The Morgan fingerprint density at radius 3 is 2.40 bits per heavy atom. The molecule has 0 radical (unpaired) electrons. The van der Waals surface area contributed by atoms with E-state index in [1.54, 1.807) is 13.8 Å². The number of carbonyl (C=O) groups is 1. The van der Waals surface area contributed by atoms with E-state index in [9.17, 15) is 13.6 Å². The second-order valence-corrected chi connectivity index (χ2v) is 5.35. The highest BCUT2D eigenvalue weighted by Gasteiger charge is 2.11. The monoisotopic (exact) mass is 339 g/mol. The van der Waals surface area contributed by atoms with Crippen LogP contribution in [0.5, 0.6) is 0 Å². The second-order valence-electron chi connectivity index (χ2n) is 4.50. The molecule has 2 aromatic carbocycles. The number of hydrogen-bond acceptors (Lipinski definition) is 1. The fourth-order valence-electron chi connectivity index (χ4n) is 1.76. The quantitative estimate of drug-likeness (QED) is 0.851. The van der Waals surface area contributed by atoms with Crippen molar-refractivity contribution in [2.75, 3.05) is 5.32 Å². The molecule has 0 aliphatic heterocycles. The van der Waals surface area contributed by atoms with Crippen LogP contribution < -0.4 is 5.32 Å². The highest BCUT2D eigenvalue weighted by Crippen LogP contribution is 2.24. The van der Waals surface area contributed by atoms with E-state index < -0.39 is 5.82 Å². The van der Waals surface area contributed by atoms with Gasteiger partial charge in [-0.1, -0.05) is 0 Å². The summed E-state index contributed by atoms with van der Waals surface area (Å²) in [5.74, 6) is -1.12. The molecule has 1 N–H and O–H groups in total. The first-order chi connectivity index (χ1) is 9.38. The number of anilines is 1. The van der Waals surface area contributed by atoms with Crippen LogP contribution in [0.3, 0.4) is 0 Å². The summed E-state index contributed by atoms with van der Waals surface area (Å²) >= 11 is 3.07. The maximum absolute atomic E-state index is 13.3. The van der Waals surface area contributed by atoms with E-state index in [2.05, 4.69) is 21.2 Å². The summed E-state index contributed by atoms with van der Waals surface area (Å²) in [7, 11) is 0. The molecule has 0 spiro atoms. The molecule has 0 bridgehead atoms. The van der Waals surface area contributed by atoms with E-state index in [1.807, 2.05) is 0 Å². The Bertz CT molecular complexity index is 686. The Morgan fingerprint density at radius 2 is 1.75 bits per heavy atom. The summed E-state index contributed by atoms with van der Waals surface area (Å²) in [6.45, 7) is 3.28. The standard InChI is InChI=1S/C15H12BrF2NO/c1-8-5-10(3-4-12(8)17)15(20)19-14-7-11(16)13(18)6-9(14)2/h3-7H,1-2H3,(H,19,20). The van der Waals surface area contributed by atoms with Crippen LogP contribution in [0.15, 0.2) is 34.8 Å². The largest absolute Gasteiger partial charge is 0.322 e. The number of carbonyl (C=O) groups excluding carboxylic acids is 1. The van der Waals surface area contributed by atoms with Crippen LogP contribution in [0.25, 0.3) is 0 Å². The first-order valence-corrected chi connectivity index (χ1v) is 6.71. The van der Waals surface area contributed by atoms with Crippen molar-refractivity contribution in [3.8, 4) is 0 Å². The molecule has 2 rings (SSSR count). The molecule has 0 saturated heterocycles. The number of amides is 1. The lowest BCUT2D eigenvalue weighted by atomic mass is 10.1. The molecular weight excluding hydrogens is 328 g/mol. The van der Waals surface area contributed by atoms with Gasteiger partial charge in [-0.15, -0.1) is 0 Å². The molecule has 0 aliphatic rings. The Hall–Kier alpha value is -1.75. The average Bonchev–Trinajstić information content (AvgIpc) is 2.39. The van der Waals surface area contributed by atoms with Crippen LogP contribution >= 0.6 is 15.9 Å². The van der Waals surface area contributed by atoms with Crippen molar-refractivity contribution in [3.63, 3.8) is 0 Å². The fourth-order valence-corrected chi connectivity index (χ4v) is 2.10. The number of hydrogen-bond donors (Lipinski definition) is 1. The van der Waals surface area contributed by atoms with E-state index in [-0.39, 0.29) is 16.2 Å². The van der Waals surface area contributed by atoms with Crippen molar-refractivity contribution >= 4 is 27.5 Å². The minimum Gasteiger partial charge on any atom is -0.322 e. The lowest BCUT2D eigenvalue weighted by molar-refractivity contribution is 0.102. The van der Waals surface area contributed by atoms with Crippen molar-refractivity contribution in [2.24, 2.45) is 0 Å². The molecule has 2 nitrogen and oxygen atoms in total. The zero-order valence-corrected chi connectivity index (χ0v) is 12.5. The van der Waals surface area contributed by atoms with E-state index >= 15 is 0 Å². The van der Waals surface area contributed by atoms with Crippen molar-refractivity contribution in [3.05, 3.63) is 63.1 Å². The highest BCUT2D eigenvalue weighted by atomic mass is 79.9. The van der Waals surface area contributed by atoms with Gasteiger partial charge in [0.25, 0.3) is 5.91 Å². The second kappa shape index (κ2) is 5.71. The minimum atomic E-state index is -0.391. The van der Waals surface area contributed by atoms with Crippen LogP contribution in [0, 0.1) is 25.5 Å². The minimum absolute atomic E-state index is 0.272. The zero-order chi connectivity index (χ0) is 14.9. The maximum atomic E-state index is 13.3. The van der Waals surface area contributed by atoms with Crippen LogP contribution in [0.4, 0.5) is 14.5 Å². The Balaban J connectivity index is 2.27. The normalized spacial score (nSPS) is 10.4. The van der Waals surface area contributed by atoms with Crippen LogP contribution in [-0.4, -0.2) is 5.91 Å². The molecule has 20 heavy (non-hydrogen) atoms. The highest BCUT2D eigenvalue weighted by molar-refractivity contribution is 9.10. The number of halogens is 3. The molecule has 0 aromatic heterocycles. The van der Waals surface area contributed by atoms with Gasteiger partial charge in [0.2, 0.25) is 0 Å². The number of aryl methyl sites for hydroxylation is 2. The Morgan fingerprint density at radius 1 is 1.05 bits per heavy atom. The molecule has 0 atom stereocenters. The molecule has 104 valence electrons. The Labute approximate surface area is 123 Å². The van der Waals surface area contributed by atoms with Gasteiger partial charge in [-0.25, -0.2) is 8.78 Å². The molecule has 0 aliphatic carbocycles. The molecule has 0 unspecified atom stereocenters. The van der Waals surface area contributed by atoms with Gasteiger partial charge in [0.1, 0.15) is 11.6 Å². The zero-order valence-electron chi connectivity index (χ0n) is 10.9. The summed E-state index contributed by atoms with van der Waals surface area (Å²) in [6.07, 6.45) is 0. The predicted octanol–water partition coefficient (Wildman–Crippen LogP) is 4.60. The molecular formula is C15H12BrF2NO. The SMILES string of the molecule is Cc1cc(C(=O)Nc2cc(Br)c(F)cc2C)ccc1F. The van der Waals surface area contributed by atoms with Gasteiger partial charge < -0.3 is 5.32 Å². The van der Waals surface area contributed by atoms with Crippen molar-refractivity contribution in [2.45, 2.75) is 13.8 Å². The Kier molecular flexibility index (Phi) is 4.18. The third-order valence-electron chi connectivity index (χ3n) is 2.94. The summed E-state index contributed by atoms with van der Waals surface area (Å²) in [5, 5.41) is 2.68. The van der Waals surface area contributed by atoms with Crippen molar-refractivity contribution in [1.29, 1.82) is 0 Å². The number of benzene rings is 2. The summed E-state index contributed by atoms with van der Waals surface area (Å²) in [4.78, 5) is 12.1. The van der Waals surface area contributed by atoms with Gasteiger partial charge in [0.15, 0.2) is 0 Å². The lowest BCUT2D eigenvalue weighted by Gasteiger charge is -2.10. The molecule has 2 aromatic rings. The first kappa shape index (κ1) is 14.7. The third-order valence-corrected chi connectivity index (χ3v) is 3.54. The average molecular weight is 340 g/mol. The fraction of sp³-hybridized carbons (Fsp3) is 0.133. The molecule has 5 heteroatoms. The van der Waals surface area contributed by atoms with Gasteiger partial charge in [0, 0.05) is 11.3 Å². The van der Waals surface area contributed by atoms with E-state index in [1.165, 1.54) is 30.3 Å². The molecule has 0 fully saturated rings. The van der Waals surface area contributed by atoms with Crippen LogP contribution in [0.1, 0.15) is 21.5 Å². The van der Waals surface area contributed by atoms with Crippen LogP contribution in [-0.2, 0) is 0 Å². The van der Waals surface area contributed by atoms with Gasteiger partial charge in [0.05, 0.1) is 4.47 Å². The van der Waals surface area contributed by atoms with E-state index in [4.69, 9.17) is 0 Å². The van der Waals surface area contributed by atoms with Gasteiger partial charge in [-0.3, -0.25) is 4.79 Å². The van der Waals surface area contributed by atoms with E-state index in [0.717, 1.165) is 0 Å². The maximum Gasteiger partial charge on any atom is 0.255 e. The van der Waals surface area contributed by atoms with Crippen LogP contribution in [0.2, 0.25) is 0 Å². The lowest BCUT2D eigenvalue weighted by Crippen LogP contribution is -2.13. The topological polar surface area (TPSA) is 29.1 Å². The number of nitrogens with one attached hydrogen (secondary N) is 1. The third kappa shape index (κ3) is 3.04. The van der Waals surface area contributed by atoms with Crippen molar-refractivity contribution in [1.82, 2.24) is 0 Å². The summed E-state index contributed by atoms with van der Waals surface area (Å²) in [6, 6.07) is 6.95.